The predicted octanol–water partition coefficient (Wildman–Crippen LogP) is 2.45. The fourth-order valence-electron chi connectivity index (χ4n) is 2.65. The summed E-state index contributed by atoms with van der Waals surface area (Å²) in [5.41, 5.74) is 7.81. The molecule has 0 saturated carbocycles. The van der Waals surface area contributed by atoms with Gasteiger partial charge in [0.1, 0.15) is 16.9 Å². The van der Waals surface area contributed by atoms with E-state index in [9.17, 15) is 15.5 Å². The van der Waals surface area contributed by atoms with Gasteiger partial charge in [-0.3, -0.25) is 4.99 Å². The van der Waals surface area contributed by atoms with E-state index < -0.39 is 6.10 Å². The molecule has 28 heavy (non-hydrogen) atoms. The minimum atomic E-state index is -0.579. The molecule has 0 bridgehead atoms. The smallest absolute Gasteiger partial charge is 0.203 e. The topological polar surface area (TPSA) is 134 Å². The number of benzene rings is 1. The van der Waals surface area contributed by atoms with E-state index in [2.05, 4.69) is 16.0 Å². The number of aliphatic hydroxyl groups excluding tert-OH is 1. The van der Waals surface area contributed by atoms with Gasteiger partial charge in [-0.15, -0.1) is 11.8 Å². The van der Waals surface area contributed by atoms with Crippen LogP contribution in [0.1, 0.15) is 18.1 Å². The zero-order valence-corrected chi connectivity index (χ0v) is 16.9. The molecule has 0 fully saturated rings. The van der Waals surface area contributed by atoms with E-state index >= 15 is 0 Å². The summed E-state index contributed by atoms with van der Waals surface area (Å²) in [6.07, 6.45) is 0.931. The van der Waals surface area contributed by atoms with Crippen LogP contribution in [-0.4, -0.2) is 54.5 Å². The minimum Gasteiger partial charge on any atom is -0.504 e. The van der Waals surface area contributed by atoms with E-state index in [0.717, 1.165) is 0 Å². The molecule has 4 N–H and O–H groups in total. The largest absolute Gasteiger partial charge is 0.504 e. The summed E-state index contributed by atoms with van der Waals surface area (Å²) in [6.45, 7) is 1.65. The number of hydrogen-bond donors (Lipinski definition) is 3. The van der Waals surface area contributed by atoms with Crippen molar-refractivity contribution in [2.75, 3.05) is 32.8 Å². The van der Waals surface area contributed by atoms with Crippen molar-refractivity contribution in [3.05, 3.63) is 23.3 Å². The lowest BCUT2D eigenvalue weighted by Gasteiger charge is -2.17. The number of anilines is 1. The maximum Gasteiger partial charge on any atom is 0.203 e. The first-order chi connectivity index (χ1) is 13.4. The molecule has 1 atom stereocenters. The van der Waals surface area contributed by atoms with Crippen LogP contribution in [0.25, 0.3) is 11.1 Å². The highest BCUT2D eigenvalue weighted by Crippen LogP contribution is 2.43. The molecular weight excluding hydrogens is 380 g/mol. The summed E-state index contributed by atoms with van der Waals surface area (Å²) in [5, 5.41) is 30.2. The quantitative estimate of drug-likeness (QED) is 0.475. The molecule has 8 nitrogen and oxygen atoms in total. The average molecular weight is 402 g/mol. The first-order valence-electron chi connectivity index (χ1n) is 8.29. The number of thioether (sulfide) groups is 1. The molecule has 2 aromatic rings. The Kier molecular flexibility index (Phi) is 7.09. The van der Waals surface area contributed by atoms with Crippen molar-refractivity contribution in [3.8, 4) is 34.4 Å². The number of hydrogen-bond acceptors (Lipinski definition) is 9. The Labute approximate surface area is 167 Å². The highest BCUT2D eigenvalue weighted by molar-refractivity contribution is 7.99. The summed E-state index contributed by atoms with van der Waals surface area (Å²) in [4.78, 5) is 8.33. The van der Waals surface area contributed by atoms with Crippen molar-refractivity contribution in [2.24, 2.45) is 4.99 Å². The number of nitrogens with zero attached hydrogens (tertiary/aromatic N) is 3. The zero-order valence-electron chi connectivity index (χ0n) is 16.1. The minimum absolute atomic E-state index is 0.145. The molecule has 1 unspecified atom stereocenters. The van der Waals surface area contributed by atoms with Crippen LogP contribution in [0.2, 0.25) is 0 Å². The summed E-state index contributed by atoms with van der Waals surface area (Å²) in [5.74, 6) is 0.866. The van der Waals surface area contributed by atoms with E-state index in [4.69, 9.17) is 15.2 Å². The van der Waals surface area contributed by atoms with Crippen LogP contribution in [0.4, 0.5) is 5.82 Å². The monoisotopic (exact) mass is 402 g/mol. The second-order valence-corrected chi connectivity index (χ2v) is 6.86. The number of methoxy groups -OCH3 is 2. The molecule has 1 aromatic carbocycles. The van der Waals surface area contributed by atoms with Gasteiger partial charge in [0.15, 0.2) is 11.5 Å². The Morgan fingerprint density at radius 1 is 1.39 bits per heavy atom. The maximum absolute atomic E-state index is 10.4. The number of nitrogens with two attached hydrogens (primary N) is 1. The number of nitriles is 1. The summed E-state index contributed by atoms with van der Waals surface area (Å²) in [7, 11) is 4.45. The Morgan fingerprint density at radius 3 is 2.64 bits per heavy atom. The van der Waals surface area contributed by atoms with Gasteiger partial charge in [-0.1, -0.05) is 0 Å². The van der Waals surface area contributed by atoms with Crippen LogP contribution in [0.3, 0.4) is 0 Å². The Hall–Kier alpha value is -2.96. The van der Waals surface area contributed by atoms with Crippen molar-refractivity contribution in [2.45, 2.75) is 18.1 Å². The first-order valence-corrected chi connectivity index (χ1v) is 9.28. The van der Waals surface area contributed by atoms with Gasteiger partial charge in [0, 0.05) is 30.1 Å². The molecule has 0 saturated heterocycles. The van der Waals surface area contributed by atoms with E-state index in [1.807, 2.05) is 0 Å². The highest BCUT2D eigenvalue weighted by Gasteiger charge is 2.22. The van der Waals surface area contributed by atoms with Crippen molar-refractivity contribution >= 4 is 23.8 Å². The van der Waals surface area contributed by atoms with Crippen LogP contribution in [-0.2, 0) is 0 Å². The third-order valence-corrected chi connectivity index (χ3v) is 5.03. The molecule has 148 valence electrons. The molecule has 9 heteroatoms. The van der Waals surface area contributed by atoms with Crippen LogP contribution in [0.5, 0.6) is 17.2 Å². The van der Waals surface area contributed by atoms with Gasteiger partial charge in [-0.05, 0) is 24.6 Å². The lowest BCUT2D eigenvalue weighted by Crippen LogP contribution is -2.08. The lowest BCUT2D eigenvalue weighted by molar-refractivity contribution is 0.220. The summed E-state index contributed by atoms with van der Waals surface area (Å²) < 4.78 is 10.5. The van der Waals surface area contributed by atoms with E-state index in [0.29, 0.717) is 33.2 Å². The van der Waals surface area contributed by atoms with Crippen molar-refractivity contribution in [1.82, 2.24) is 4.98 Å². The number of aromatic nitrogens is 1. The summed E-state index contributed by atoms with van der Waals surface area (Å²) in [6, 6.07) is 5.27. The van der Waals surface area contributed by atoms with Gasteiger partial charge in [0.2, 0.25) is 5.75 Å². The standard InChI is InChI=1S/C19H22N4O4S/c1-10(24)9-28-19-12(7-20)16(13(8-22-2)18(21)23-19)11-5-14(25)17(27-4)15(6-11)26-3/h5-6,8,10,24-25H,9H2,1-4H3,(H2,21,23). The van der Waals surface area contributed by atoms with Gasteiger partial charge >= 0.3 is 0 Å². The van der Waals surface area contributed by atoms with Crippen LogP contribution in [0, 0.1) is 11.3 Å². The predicted molar refractivity (Wildman–Crippen MR) is 109 cm³/mol. The van der Waals surface area contributed by atoms with Crippen LogP contribution >= 0.6 is 11.8 Å². The number of phenols is 1. The Bertz CT molecular complexity index is 939. The Balaban J connectivity index is 2.84. The number of nitrogen functional groups attached to an aromatic ring is 1. The number of aromatic hydroxyl groups is 1. The maximum atomic E-state index is 10.4. The second-order valence-electron chi connectivity index (χ2n) is 5.86. The van der Waals surface area contributed by atoms with Gasteiger partial charge < -0.3 is 25.4 Å². The number of pyridine rings is 1. The molecule has 1 heterocycles. The lowest BCUT2D eigenvalue weighted by atomic mass is 9.96. The molecule has 0 aliphatic carbocycles. The van der Waals surface area contributed by atoms with E-state index in [1.54, 1.807) is 20.0 Å². The number of aliphatic imine (C=N–C) groups is 1. The van der Waals surface area contributed by atoms with Crippen LogP contribution in [0.15, 0.2) is 22.2 Å². The number of aliphatic hydroxyl groups is 1. The second kappa shape index (κ2) is 9.30. The van der Waals surface area contributed by atoms with E-state index in [1.165, 1.54) is 38.3 Å². The van der Waals surface area contributed by atoms with Crippen LogP contribution < -0.4 is 15.2 Å². The number of rotatable bonds is 7. The molecule has 0 spiro atoms. The Morgan fingerprint density at radius 2 is 2.11 bits per heavy atom. The summed E-state index contributed by atoms with van der Waals surface area (Å²) >= 11 is 1.22. The fraction of sp³-hybridized carbons (Fsp3) is 0.316. The molecule has 0 radical (unpaired) electrons. The van der Waals surface area contributed by atoms with E-state index in [-0.39, 0.29) is 22.9 Å². The third-order valence-electron chi connectivity index (χ3n) is 3.81. The SMILES string of the molecule is CN=Cc1c(N)nc(SCC(C)O)c(C#N)c1-c1cc(O)c(OC)c(OC)c1. The number of ether oxygens (including phenoxy) is 2. The molecule has 0 aliphatic rings. The third kappa shape index (κ3) is 4.30. The van der Waals surface area contributed by atoms with Crippen molar-refractivity contribution in [1.29, 1.82) is 5.26 Å². The molecular formula is C19H22N4O4S. The van der Waals surface area contributed by atoms with Gasteiger partial charge in [-0.2, -0.15) is 5.26 Å². The van der Waals surface area contributed by atoms with Gasteiger partial charge in [0.25, 0.3) is 0 Å². The van der Waals surface area contributed by atoms with Gasteiger partial charge in [0.05, 0.1) is 25.9 Å². The fourth-order valence-corrected chi connectivity index (χ4v) is 3.51. The highest BCUT2D eigenvalue weighted by atomic mass is 32.2. The van der Waals surface area contributed by atoms with Crippen molar-refractivity contribution < 1.29 is 19.7 Å². The van der Waals surface area contributed by atoms with Gasteiger partial charge in [-0.25, -0.2) is 4.98 Å². The average Bonchev–Trinajstić information content (AvgIpc) is 2.66. The van der Waals surface area contributed by atoms with Crippen molar-refractivity contribution in [3.63, 3.8) is 0 Å². The normalized spacial score (nSPS) is 12.0. The molecule has 2 rings (SSSR count). The molecule has 0 amide bonds. The molecule has 0 aliphatic heterocycles. The number of phenolic OH excluding ortho intramolecular Hbond substituents is 1. The zero-order chi connectivity index (χ0) is 20.8. The first kappa shape index (κ1) is 21.3. The molecule has 1 aromatic heterocycles.